The molecule has 3 nitrogen and oxygen atoms in total. The van der Waals surface area contributed by atoms with Crippen molar-refractivity contribution in [3.05, 3.63) is 75.6 Å². The van der Waals surface area contributed by atoms with Crippen molar-refractivity contribution in [2.45, 2.75) is 13.0 Å². The van der Waals surface area contributed by atoms with Gasteiger partial charge in [0, 0.05) is 27.6 Å². The second-order valence-electron chi connectivity index (χ2n) is 5.89. The van der Waals surface area contributed by atoms with Crippen LogP contribution in [-0.2, 0) is 13.0 Å². The molecule has 4 rings (SSSR count). The van der Waals surface area contributed by atoms with Gasteiger partial charge in [-0.25, -0.2) is 0 Å². The number of para-hydroxylation sites is 1. The molecule has 0 saturated heterocycles. The van der Waals surface area contributed by atoms with Gasteiger partial charge in [0.2, 0.25) is 0 Å². The molecule has 1 aliphatic heterocycles. The molecule has 0 unspecified atom stereocenters. The Labute approximate surface area is 155 Å². The number of fused-ring (bicyclic) bond motifs is 3. The third-order valence-electron chi connectivity index (χ3n) is 4.14. The number of benzene rings is 2. The summed E-state index contributed by atoms with van der Waals surface area (Å²) in [6.07, 6.45) is 0.753. The number of carbonyl (C=O) groups excluding carboxylic acids is 1. The Hall–Kier alpha value is -2.30. The summed E-state index contributed by atoms with van der Waals surface area (Å²) < 4.78 is 5.76. The summed E-state index contributed by atoms with van der Waals surface area (Å²) in [5.41, 5.74) is 3.25. The van der Waals surface area contributed by atoms with Gasteiger partial charge in [0.1, 0.15) is 12.4 Å². The minimum Gasteiger partial charge on any atom is -0.488 e. The molecule has 5 heteroatoms. The van der Waals surface area contributed by atoms with Crippen LogP contribution in [0.5, 0.6) is 5.75 Å². The van der Waals surface area contributed by atoms with Crippen LogP contribution in [-0.4, -0.2) is 12.5 Å². The predicted molar refractivity (Wildman–Crippen MR) is 102 cm³/mol. The largest absolute Gasteiger partial charge is 0.488 e. The number of halogens is 1. The molecule has 0 aliphatic carbocycles. The van der Waals surface area contributed by atoms with E-state index in [1.54, 1.807) is 0 Å². The summed E-state index contributed by atoms with van der Waals surface area (Å²) in [5.74, 6) is 0.837. The number of hydrogen-bond acceptors (Lipinski definition) is 3. The van der Waals surface area contributed by atoms with Gasteiger partial charge in [0.25, 0.3) is 5.91 Å². The maximum atomic E-state index is 12.5. The number of carbonyl (C=O) groups is 1. The molecule has 3 aromatic rings. The molecule has 0 atom stereocenters. The summed E-state index contributed by atoms with van der Waals surface area (Å²) in [4.78, 5) is 14.3. The van der Waals surface area contributed by atoms with Gasteiger partial charge < -0.3 is 10.1 Å². The molecule has 126 valence electrons. The van der Waals surface area contributed by atoms with Crippen molar-refractivity contribution >= 4 is 28.8 Å². The predicted octanol–water partition coefficient (Wildman–Crippen LogP) is 4.93. The van der Waals surface area contributed by atoms with Gasteiger partial charge in [-0.2, -0.15) is 0 Å². The van der Waals surface area contributed by atoms with Crippen LogP contribution in [0, 0.1) is 0 Å². The molecule has 1 aliphatic rings. The van der Waals surface area contributed by atoms with Crippen LogP contribution in [0.25, 0.3) is 10.4 Å². The highest BCUT2D eigenvalue weighted by molar-refractivity contribution is 7.17. The van der Waals surface area contributed by atoms with E-state index in [9.17, 15) is 4.79 Å². The first-order chi connectivity index (χ1) is 12.2. The molecule has 25 heavy (non-hydrogen) atoms. The standard InChI is InChI=1S/C20H16ClNO2S/c21-15-5-3-4-13(10-15)8-9-22-20(23)18-11-14-12-24-17-7-2-1-6-16(17)19(14)25-18/h1-7,10-11H,8-9,12H2,(H,22,23). The molecule has 2 heterocycles. The zero-order chi connectivity index (χ0) is 17.2. The number of rotatable bonds is 4. The van der Waals surface area contributed by atoms with Gasteiger partial charge in [0.05, 0.1) is 4.88 Å². The maximum Gasteiger partial charge on any atom is 0.261 e. The molecule has 0 bridgehead atoms. The van der Waals surface area contributed by atoms with Crippen LogP contribution in [0.3, 0.4) is 0 Å². The summed E-state index contributed by atoms with van der Waals surface area (Å²) in [6, 6.07) is 17.6. The van der Waals surface area contributed by atoms with Crippen LogP contribution in [0.15, 0.2) is 54.6 Å². The van der Waals surface area contributed by atoms with E-state index in [1.807, 2.05) is 54.6 Å². The Balaban J connectivity index is 1.45. The first-order valence-electron chi connectivity index (χ1n) is 8.08. The summed E-state index contributed by atoms with van der Waals surface area (Å²) in [7, 11) is 0. The van der Waals surface area contributed by atoms with E-state index in [0.29, 0.717) is 18.2 Å². The SMILES string of the molecule is O=C(NCCc1cccc(Cl)c1)c1cc2c(s1)-c1ccccc1OC2. The minimum absolute atomic E-state index is 0.0427. The van der Waals surface area contributed by atoms with Gasteiger partial charge in [0.15, 0.2) is 0 Å². The number of ether oxygens (including phenoxy) is 1. The third kappa shape index (κ3) is 3.41. The van der Waals surface area contributed by atoms with E-state index >= 15 is 0 Å². The highest BCUT2D eigenvalue weighted by Gasteiger charge is 2.22. The van der Waals surface area contributed by atoms with Gasteiger partial charge >= 0.3 is 0 Å². The van der Waals surface area contributed by atoms with Gasteiger partial charge in [-0.3, -0.25) is 4.79 Å². The van der Waals surface area contributed by atoms with Crippen molar-refractivity contribution in [1.82, 2.24) is 5.32 Å². The lowest BCUT2D eigenvalue weighted by molar-refractivity contribution is 0.0958. The fourth-order valence-electron chi connectivity index (χ4n) is 2.91. The third-order valence-corrected chi connectivity index (χ3v) is 5.58. The highest BCUT2D eigenvalue weighted by atomic mass is 35.5. The van der Waals surface area contributed by atoms with Crippen LogP contribution < -0.4 is 10.1 Å². The van der Waals surface area contributed by atoms with Crippen LogP contribution in [0.1, 0.15) is 20.8 Å². The quantitative estimate of drug-likeness (QED) is 0.707. The topological polar surface area (TPSA) is 38.3 Å². The molecule has 1 aromatic heterocycles. The first-order valence-corrected chi connectivity index (χ1v) is 9.28. The molecular formula is C20H16ClNO2S. The molecule has 0 radical (unpaired) electrons. The molecule has 0 spiro atoms. The normalized spacial score (nSPS) is 12.0. The fourth-order valence-corrected chi connectivity index (χ4v) is 4.24. The Bertz CT molecular complexity index is 935. The Morgan fingerprint density at radius 2 is 2.04 bits per heavy atom. The smallest absolute Gasteiger partial charge is 0.261 e. The lowest BCUT2D eigenvalue weighted by Gasteiger charge is -2.16. The average molecular weight is 370 g/mol. The monoisotopic (exact) mass is 369 g/mol. The highest BCUT2D eigenvalue weighted by Crippen LogP contribution is 2.42. The molecule has 0 saturated carbocycles. The van der Waals surface area contributed by atoms with Crippen molar-refractivity contribution in [2.75, 3.05) is 6.54 Å². The lowest BCUT2D eigenvalue weighted by Crippen LogP contribution is -2.24. The zero-order valence-corrected chi connectivity index (χ0v) is 15.0. The van der Waals surface area contributed by atoms with E-state index in [-0.39, 0.29) is 5.91 Å². The number of nitrogens with one attached hydrogen (secondary N) is 1. The van der Waals surface area contributed by atoms with E-state index in [0.717, 1.165) is 38.6 Å². The van der Waals surface area contributed by atoms with E-state index in [4.69, 9.17) is 16.3 Å². The van der Waals surface area contributed by atoms with Crippen molar-refractivity contribution < 1.29 is 9.53 Å². The molecule has 0 fully saturated rings. The van der Waals surface area contributed by atoms with E-state index in [2.05, 4.69) is 5.32 Å². The lowest BCUT2D eigenvalue weighted by atomic mass is 10.1. The van der Waals surface area contributed by atoms with Gasteiger partial charge in [-0.15, -0.1) is 11.3 Å². The second kappa shape index (κ2) is 6.90. The van der Waals surface area contributed by atoms with Crippen LogP contribution in [0.2, 0.25) is 5.02 Å². The van der Waals surface area contributed by atoms with Crippen LogP contribution >= 0.6 is 22.9 Å². The summed E-state index contributed by atoms with van der Waals surface area (Å²) >= 11 is 7.51. The number of hydrogen-bond donors (Lipinski definition) is 1. The first kappa shape index (κ1) is 16.2. The summed E-state index contributed by atoms with van der Waals surface area (Å²) in [6.45, 7) is 1.09. The number of amides is 1. The van der Waals surface area contributed by atoms with E-state index < -0.39 is 0 Å². The van der Waals surface area contributed by atoms with Crippen molar-refractivity contribution in [1.29, 1.82) is 0 Å². The summed E-state index contributed by atoms with van der Waals surface area (Å²) in [5, 5.41) is 3.70. The Morgan fingerprint density at radius 1 is 1.16 bits per heavy atom. The Morgan fingerprint density at radius 3 is 2.92 bits per heavy atom. The fraction of sp³-hybridized carbons (Fsp3) is 0.150. The maximum absolute atomic E-state index is 12.5. The van der Waals surface area contributed by atoms with Gasteiger partial charge in [-0.1, -0.05) is 35.9 Å². The minimum atomic E-state index is -0.0427. The average Bonchev–Trinajstić information content (AvgIpc) is 3.07. The molecule has 1 amide bonds. The molecule has 1 N–H and O–H groups in total. The van der Waals surface area contributed by atoms with Gasteiger partial charge in [-0.05, 0) is 42.3 Å². The Kier molecular flexibility index (Phi) is 4.47. The molecule has 2 aromatic carbocycles. The second-order valence-corrected chi connectivity index (χ2v) is 7.37. The zero-order valence-electron chi connectivity index (χ0n) is 13.4. The van der Waals surface area contributed by atoms with Crippen LogP contribution in [0.4, 0.5) is 0 Å². The van der Waals surface area contributed by atoms with Crippen molar-refractivity contribution in [3.8, 4) is 16.2 Å². The number of thiophene rings is 1. The van der Waals surface area contributed by atoms with E-state index in [1.165, 1.54) is 11.3 Å². The van der Waals surface area contributed by atoms with Crippen molar-refractivity contribution in [2.24, 2.45) is 0 Å². The molecular weight excluding hydrogens is 354 g/mol. The van der Waals surface area contributed by atoms with Crippen molar-refractivity contribution in [3.63, 3.8) is 0 Å².